The number of nitrogens with one attached hydrogen (secondary N) is 1. The fourth-order valence-corrected chi connectivity index (χ4v) is 1.95. The molecule has 0 aromatic carbocycles. The molecule has 1 saturated heterocycles. The Bertz CT molecular complexity index is 480. The second kappa shape index (κ2) is 4.31. The van der Waals surface area contributed by atoms with Gasteiger partial charge in [-0.15, -0.1) is 0 Å². The number of nitrogens with zero attached hydrogens (tertiary/aromatic N) is 2. The first-order valence-corrected chi connectivity index (χ1v) is 5.50. The van der Waals surface area contributed by atoms with Crippen LogP contribution < -0.4 is 5.32 Å². The molecular formula is C11H13N3O3. The van der Waals surface area contributed by atoms with Gasteiger partial charge in [0.25, 0.3) is 0 Å². The second-order valence-electron chi connectivity index (χ2n) is 3.99. The number of methoxy groups -OCH3 is 1. The van der Waals surface area contributed by atoms with Crippen LogP contribution in [-0.4, -0.2) is 29.9 Å². The van der Waals surface area contributed by atoms with E-state index in [0.29, 0.717) is 17.5 Å². The minimum Gasteiger partial charge on any atom is -0.461 e. The minimum absolute atomic E-state index is 0.0659. The summed E-state index contributed by atoms with van der Waals surface area (Å²) < 4.78 is 15.7. The van der Waals surface area contributed by atoms with Crippen molar-refractivity contribution in [2.75, 3.05) is 13.7 Å². The van der Waals surface area contributed by atoms with E-state index in [1.165, 1.54) is 0 Å². The second-order valence-corrected chi connectivity index (χ2v) is 3.99. The van der Waals surface area contributed by atoms with E-state index in [1.807, 2.05) is 0 Å². The monoisotopic (exact) mass is 235 g/mol. The Morgan fingerprint density at radius 2 is 2.47 bits per heavy atom. The first-order valence-electron chi connectivity index (χ1n) is 5.50. The van der Waals surface area contributed by atoms with Gasteiger partial charge in [0, 0.05) is 13.7 Å². The molecule has 2 aromatic heterocycles. The third kappa shape index (κ3) is 1.96. The molecule has 0 bridgehead atoms. The highest BCUT2D eigenvalue weighted by Crippen LogP contribution is 2.25. The Hall–Kier alpha value is -1.66. The predicted molar refractivity (Wildman–Crippen MR) is 58.2 cm³/mol. The van der Waals surface area contributed by atoms with E-state index in [1.54, 1.807) is 25.5 Å². The Labute approximate surface area is 98.0 Å². The topological polar surface area (TPSA) is 73.3 Å². The summed E-state index contributed by atoms with van der Waals surface area (Å²) in [6.45, 7) is 0.805. The molecule has 1 aliphatic rings. The molecule has 1 aliphatic heterocycles. The largest absolute Gasteiger partial charge is 0.461 e. The Balaban J connectivity index is 1.77. The van der Waals surface area contributed by atoms with E-state index >= 15 is 0 Å². The van der Waals surface area contributed by atoms with Crippen LogP contribution in [0.25, 0.3) is 11.6 Å². The number of hydrogen-bond donors (Lipinski definition) is 1. The molecule has 0 spiro atoms. The van der Waals surface area contributed by atoms with E-state index < -0.39 is 0 Å². The lowest BCUT2D eigenvalue weighted by Gasteiger charge is -2.04. The molecule has 6 heteroatoms. The van der Waals surface area contributed by atoms with Gasteiger partial charge in [-0.05, 0) is 18.6 Å². The summed E-state index contributed by atoms with van der Waals surface area (Å²) in [5.41, 5.74) is 0. The summed E-state index contributed by atoms with van der Waals surface area (Å²) in [5, 5.41) is 7.17. The van der Waals surface area contributed by atoms with Gasteiger partial charge < -0.3 is 19.0 Å². The van der Waals surface area contributed by atoms with Gasteiger partial charge in [-0.3, -0.25) is 0 Å². The van der Waals surface area contributed by atoms with Crippen LogP contribution in [0.1, 0.15) is 18.4 Å². The first-order chi connectivity index (χ1) is 8.36. The van der Waals surface area contributed by atoms with Crippen molar-refractivity contribution in [1.82, 2.24) is 15.5 Å². The molecule has 2 aromatic rings. The summed E-state index contributed by atoms with van der Waals surface area (Å²) in [6.07, 6.45) is 2.63. The molecule has 90 valence electrons. The molecule has 1 N–H and O–H groups in total. The van der Waals surface area contributed by atoms with Crippen LogP contribution in [0.4, 0.5) is 0 Å². The van der Waals surface area contributed by atoms with E-state index in [9.17, 15) is 0 Å². The summed E-state index contributed by atoms with van der Waals surface area (Å²) in [4.78, 5) is 4.31. The lowest BCUT2D eigenvalue weighted by Crippen LogP contribution is -2.16. The maximum Gasteiger partial charge on any atom is 0.244 e. The highest BCUT2D eigenvalue weighted by Gasteiger charge is 2.29. The van der Waals surface area contributed by atoms with Crippen molar-refractivity contribution in [3.05, 3.63) is 24.3 Å². The van der Waals surface area contributed by atoms with Crippen molar-refractivity contribution in [3.63, 3.8) is 0 Å². The molecular weight excluding hydrogens is 222 g/mol. The zero-order valence-electron chi connectivity index (χ0n) is 9.42. The SMILES string of the molecule is COC1CNC(c2nc(-c3ccco3)no2)C1. The van der Waals surface area contributed by atoms with Gasteiger partial charge >= 0.3 is 0 Å². The zero-order chi connectivity index (χ0) is 11.7. The van der Waals surface area contributed by atoms with Gasteiger partial charge in [0.15, 0.2) is 5.76 Å². The lowest BCUT2D eigenvalue weighted by atomic mass is 10.2. The van der Waals surface area contributed by atoms with Crippen LogP contribution in [0.3, 0.4) is 0 Å². The number of furan rings is 1. The molecule has 3 heterocycles. The fourth-order valence-electron chi connectivity index (χ4n) is 1.95. The van der Waals surface area contributed by atoms with Crippen molar-refractivity contribution in [2.45, 2.75) is 18.6 Å². The normalized spacial score (nSPS) is 24.3. The Morgan fingerprint density at radius 3 is 3.18 bits per heavy atom. The fraction of sp³-hybridized carbons (Fsp3) is 0.455. The van der Waals surface area contributed by atoms with Crippen LogP contribution in [-0.2, 0) is 4.74 Å². The Morgan fingerprint density at radius 1 is 1.53 bits per heavy atom. The van der Waals surface area contributed by atoms with Crippen molar-refractivity contribution in [1.29, 1.82) is 0 Å². The maximum absolute atomic E-state index is 5.27. The molecule has 2 atom stereocenters. The average molecular weight is 235 g/mol. The van der Waals surface area contributed by atoms with Gasteiger partial charge in [-0.1, -0.05) is 5.16 Å². The number of hydrogen-bond acceptors (Lipinski definition) is 6. The van der Waals surface area contributed by atoms with Crippen molar-refractivity contribution in [3.8, 4) is 11.6 Å². The highest BCUT2D eigenvalue weighted by atomic mass is 16.5. The molecule has 3 rings (SSSR count). The molecule has 1 fully saturated rings. The highest BCUT2D eigenvalue weighted by molar-refractivity contribution is 5.44. The van der Waals surface area contributed by atoms with E-state index in [0.717, 1.165) is 13.0 Å². The molecule has 0 radical (unpaired) electrons. The van der Waals surface area contributed by atoms with Gasteiger partial charge in [-0.2, -0.15) is 4.98 Å². The van der Waals surface area contributed by atoms with Crippen molar-refractivity contribution < 1.29 is 13.7 Å². The van der Waals surface area contributed by atoms with Crippen LogP contribution >= 0.6 is 0 Å². The number of rotatable bonds is 3. The van der Waals surface area contributed by atoms with Crippen molar-refractivity contribution >= 4 is 0 Å². The van der Waals surface area contributed by atoms with Crippen LogP contribution in [0.2, 0.25) is 0 Å². The minimum atomic E-state index is 0.0659. The van der Waals surface area contributed by atoms with Crippen LogP contribution in [0.5, 0.6) is 0 Å². The zero-order valence-corrected chi connectivity index (χ0v) is 9.42. The smallest absolute Gasteiger partial charge is 0.244 e. The molecule has 2 unspecified atom stereocenters. The van der Waals surface area contributed by atoms with Crippen molar-refractivity contribution in [2.24, 2.45) is 0 Å². The average Bonchev–Trinajstić information content (AvgIpc) is 3.09. The molecule has 0 saturated carbocycles. The summed E-state index contributed by atoms with van der Waals surface area (Å²) in [6, 6.07) is 3.66. The summed E-state index contributed by atoms with van der Waals surface area (Å²) in [7, 11) is 1.71. The van der Waals surface area contributed by atoms with E-state index in [2.05, 4.69) is 15.5 Å². The molecule has 17 heavy (non-hydrogen) atoms. The van der Waals surface area contributed by atoms with E-state index in [4.69, 9.17) is 13.7 Å². The number of ether oxygens (including phenoxy) is 1. The quantitative estimate of drug-likeness (QED) is 0.866. The third-order valence-corrected chi connectivity index (χ3v) is 2.91. The van der Waals surface area contributed by atoms with Crippen LogP contribution in [0, 0.1) is 0 Å². The predicted octanol–water partition coefficient (Wildman–Crippen LogP) is 1.38. The maximum atomic E-state index is 5.27. The number of aromatic nitrogens is 2. The third-order valence-electron chi connectivity index (χ3n) is 2.91. The summed E-state index contributed by atoms with van der Waals surface area (Å²) in [5.74, 6) is 1.67. The Kier molecular flexibility index (Phi) is 2.66. The molecule has 6 nitrogen and oxygen atoms in total. The first kappa shape index (κ1) is 10.5. The standard InChI is InChI=1S/C11H13N3O3/c1-15-7-5-8(12-6-7)11-13-10(14-17-11)9-3-2-4-16-9/h2-4,7-8,12H,5-6H2,1H3. The molecule has 0 aliphatic carbocycles. The lowest BCUT2D eigenvalue weighted by molar-refractivity contribution is 0.116. The van der Waals surface area contributed by atoms with Gasteiger partial charge in [0.1, 0.15) is 0 Å². The molecule has 0 amide bonds. The van der Waals surface area contributed by atoms with E-state index in [-0.39, 0.29) is 12.1 Å². The van der Waals surface area contributed by atoms with Gasteiger partial charge in [0.05, 0.1) is 18.4 Å². The van der Waals surface area contributed by atoms with Crippen LogP contribution in [0.15, 0.2) is 27.3 Å². The summed E-state index contributed by atoms with van der Waals surface area (Å²) >= 11 is 0. The van der Waals surface area contributed by atoms with Gasteiger partial charge in [-0.25, -0.2) is 0 Å². The van der Waals surface area contributed by atoms with Gasteiger partial charge in [0.2, 0.25) is 11.7 Å².